The van der Waals surface area contributed by atoms with E-state index in [1.54, 1.807) is 0 Å². The van der Waals surface area contributed by atoms with Gasteiger partial charge >= 0.3 is 0 Å². The molecule has 1 rings (SSSR count). The van der Waals surface area contributed by atoms with Crippen LogP contribution in [-0.4, -0.2) is 12.6 Å². The number of thiophene rings is 1. The predicted molar refractivity (Wildman–Crippen MR) is 65.1 cm³/mol. The van der Waals surface area contributed by atoms with Crippen molar-refractivity contribution in [1.29, 1.82) is 5.26 Å². The molecule has 1 aromatic heterocycles. The predicted octanol–water partition coefficient (Wildman–Crippen LogP) is 2.88. The number of nitrogens with zero attached hydrogens (tertiary/aromatic N) is 1. The summed E-state index contributed by atoms with van der Waals surface area (Å²) in [7, 11) is 0. The quantitative estimate of drug-likeness (QED) is 0.751. The fourth-order valence-electron chi connectivity index (χ4n) is 1.48. The molecule has 0 saturated heterocycles. The van der Waals surface area contributed by atoms with Crippen molar-refractivity contribution in [3.63, 3.8) is 0 Å². The molecule has 1 N–H and O–H groups in total. The molecular weight excluding hydrogens is 204 g/mol. The fraction of sp³-hybridized carbons (Fsp3) is 0.583. The van der Waals surface area contributed by atoms with Crippen molar-refractivity contribution < 1.29 is 0 Å². The second-order valence-electron chi connectivity index (χ2n) is 3.83. The highest BCUT2D eigenvalue weighted by Gasteiger charge is 2.04. The number of hydrogen-bond donors (Lipinski definition) is 1. The lowest BCUT2D eigenvalue weighted by Crippen LogP contribution is -2.28. The molecule has 0 aromatic carbocycles. The summed E-state index contributed by atoms with van der Waals surface area (Å²) in [4.78, 5) is 2.81. The molecule has 1 heterocycles. The molecule has 0 spiro atoms. The Labute approximate surface area is 95.9 Å². The van der Waals surface area contributed by atoms with Crippen molar-refractivity contribution in [3.05, 3.63) is 21.9 Å². The first-order valence-corrected chi connectivity index (χ1v) is 6.19. The van der Waals surface area contributed by atoms with Gasteiger partial charge in [0.05, 0.1) is 6.07 Å². The SMILES string of the molecule is Cc1ccc(CC(C)NCCCC#N)s1. The van der Waals surface area contributed by atoms with Gasteiger partial charge < -0.3 is 5.32 Å². The van der Waals surface area contributed by atoms with Crippen LogP contribution in [0, 0.1) is 18.3 Å². The maximum atomic E-state index is 8.39. The highest BCUT2D eigenvalue weighted by atomic mass is 32.1. The molecular formula is C12H18N2S. The summed E-state index contributed by atoms with van der Waals surface area (Å²) in [6, 6.07) is 7.03. The molecule has 15 heavy (non-hydrogen) atoms. The van der Waals surface area contributed by atoms with Gasteiger partial charge in [0.25, 0.3) is 0 Å². The Morgan fingerprint density at radius 1 is 1.53 bits per heavy atom. The van der Waals surface area contributed by atoms with Crippen LogP contribution < -0.4 is 5.32 Å². The van der Waals surface area contributed by atoms with Crippen LogP contribution in [0.1, 0.15) is 29.5 Å². The minimum Gasteiger partial charge on any atom is -0.314 e. The van der Waals surface area contributed by atoms with Gasteiger partial charge in [0.15, 0.2) is 0 Å². The third-order valence-electron chi connectivity index (χ3n) is 2.26. The Kier molecular flexibility index (Phi) is 5.38. The third kappa shape index (κ3) is 4.96. The van der Waals surface area contributed by atoms with E-state index in [4.69, 9.17) is 5.26 Å². The van der Waals surface area contributed by atoms with Gasteiger partial charge in [0, 0.05) is 22.2 Å². The summed E-state index contributed by atoms with van der Waals surface area (Å²) in [5.74, 6) is 0. The van der Waals surface area contributed by atoms with Crippen LogP contribution in [0.2, 0.25) is 0 Å². The molecule has 0 aliphatic carbocycles. The molecule has 82 valence electrons. The largest absolute Gasteiger partial charge is 0.314 e. The van der Waals surface area contributed by atoms with E-state index in [1.165, 1.54) is 9.75 Å². The molecule has 0 aliphatic rings. The number of rotatable bonds is 6. The lowest BCUT2D eigenvalue weighted by atomic mass is 10.2. The third-order valence-corrected chi connectivity index (χ3v) is 3.28. The van der Waals surface area contributed by atoms with Gasteiger partial charge in [-0.25, -0.2) is 0 Å². The highest BCUT2D eigenvalue weighted by Crippen LogP contribution is 2.16. The maximum Gasteiger partial charge on any atom is 0.0622 e. The summed E-state index contributed by atoms with van der Waals surface area (Å²) in [5.41, 5.74) is 0. The molecule has 0 aliphatic heterocycles. The van der Waals surface area contributed by atoms with Gasteiger partial charge in [0.2, 0.25) is 0 Å². The van der Waals surface area contributed by atoms with E-state index in [2.05, 4.69) is 37.4 Å². The van der Waals surface area contributed by atoms with E-state index in [1.807, 2.05) is 11.3 Å². The first kappa shape index (κ1) is 12.2. The lowest BCUT2D eigenvalue weighted by Gasteiger charge is -2.11. The Bertz CT molecular complexity index is 325. The molecule has 0 saturated carbocycles. The smallest absolute Gasteiger partial charge is 0.0622 e. The maximum absolute atomic E-state index is 8.39. The van der Waals surface area contributed by atoms with E-state index in [0.717, 1.165) is 19.4 Å². The zero-order chi connectivity index (χ0) is 11.1. The second-order valence-corrected chi connectivity index (χ2v) is 5.21. The first-order chi connectivity index (χ1) is 7.22. The molecule has 3 heteroatoms. The van der Waals surface area contributed by atoms with Gasteiger partial charge in [-0.3, -0.25) is 0 Å². The summed E-state index contributed by atoms with van der Waals surface area (Å²) in [6.45, 7) is 5.28. The van der Waals surface area contributed by atoms with Gasteiger partial charge in [0.1, 0.15) is 0 Å². The summed E-state index contributed by atoms with van der Waals surface area (Å²) in [6.07, 6.45) is 2.69. The number of hydrogen-bond acceptors (Lipinski definition) is 3. The highest BCUT2D eigenvalue weighted by molar-refractivity contribution is 7.11. The molecule has 0 bridgehead atoms. The van der Waals surface area contributed by atoms with Crippen molar-refractivity contribution in [1.82, 2.24) is 5.32 Å². The van der Waals surface area contributed by atoms with Crippen molar-refractivity contribution in [2.75, 3.05) is 6.54 Å². The zero-order valence-corrected chi connectivity index (χ0v) is 10.2. The van der Waals surface area contributed by atoms with Gasteiger partial charge in [-0.15, -0.1) is 11.3 Å². The fourth-order valence-corrected chi connectivity index (χ4v) is 2.50. The van der Waals surface area contributed by atoms with Crippen molar-refractivity contribution >= 4 is 11.3 Å². The average Bonchev–Trinajstić information content (AvgIpc) is 2.59. The van der Waals surface area contributed by atoms with Gasteiger partial charge in [-0.05, 0) is 45.4 Å². The van der Waals surface area contributed by atoms with E-state index < -0.39 is 0 Å². The number of aryl methyl sites for hydroxylation is 1. The normalized spacial score (nSPS) is 12.3. The first-order valence-electron chi connectivity index (χ1n) is 5.38. The molecule has 0 radical (unpaired) electrons. The molecule has 1 aromatic rings. The number of unbranched alkanes of at least 4 members (excludes halogenated alkanes) is 1. The van der Waals surface area contributed by atoms with Crippen molar-refractivity contribution in [2.24, 2.45) is 0 Å². The Balaban J connectivity index is 2.19. The van der Waals surface area contributed by atoms with E-state index in [0.29, 0.717) is 12.5 Å². The average molecular weight is 222 g/mol. The van der Waals surface area contributed by atoms with E-state index in [9.17, 15) is 0 Å². The van der Waals surface area contributed by atoms with Crippen LogP contribution in [0.5, 0.6) is 0 Å². The topological polar surface area (TPSA) is 35.8 Å². The van der Waals surface area contributed by atoms with Crippen LogP contribution in [0.4, 0.5) is 0 Å². The Hall–Kier alpha value is -0.850. The van der Waals surface area contributed by atoms with Crippen LogP contribution in [0.15, 0.2) is 12.1 Å². The standard InChI is InChI=1S/C12H18N2S/c1-10(14-8-4-3-7-13)9-12-6-5-11(2)15-12/h5-6,10,14H,3-4,8-9H2,1-2H3. The number of nitriles is 1. The van der Waals surface area contributed by atoms with Crippen LogP contribution in [-0.2, 0) is 6.42 Å². The minimum absolute atomic E-state index is 0.502. The van der Waals surface area contributed by atoms with E-state index in [-0.39, 0.29) is 0 Å². The van der Waals surface area contributed by atoms with Gasteiger partial charge in [-0.1, -0.05) is 0 Å². The molecule has 0 fully saturated rings. The van der Waals surface area contributed by atoms with E-state index >= 15 is 0 Å². The summed E-state index contributed by atoms with van der Waals surface area (Å²) < 4.78 is 0. The Morgan fingerprint density at radius 2 is 2.33 bits per heavy atom. The molecule has 2 nitrogen and oxygen atoms in total. The molecule has 1 unspecified atom stereocenters. The minimum atomic E-state index is 0.502. The lowest BCUT2D eigenvalue weighted by molar-refractivity contribution is 0.539. The monoisotopic (exact) mass is 222 g/mol. The Morgan fingerprint density at radius 3 is 2.93 bits per heavy atom. The van der Waals surface area contributed by atoms with Crippen LogP contribution in [0.3, 0.4) is 0 Å². The van der Waals surface area contributed by atoms with Crippen molar-refractivity contribution in [3.8, 4) is 6.07 Å². The zero-order valence-electron chi connectivity index (χ0n) is 9.42. The summed E-state index contributed by atoms with van der Waals surface area (Å²) in [5, 5.41) is 11.8. The van der Waals surface area contributed by atoms with Crippen LogP contribution in [0.25, 0.3) is 0 Å². The second kappa shape index (κ2) is 6.60. The van der Waals surface area contributed by atoms with Crippen LogP contribution >= 0.6 is 11.3 Å². The molecule has 0 amide bonds. The summed E-state index contributed by atoms with van der Waals surface area (Å²) >= 11 is 1.87. The van der Waals surface area contributed by atoms with Crippen molar-refractivity contribution in [2.45, 2.75) is 39.2 Å². The van der Waals surface area contributed by atoms with Gasteiger partial charge in [-0.2, -0.15) is 5.26 Å². The number of nitrogens with one attached hydrogen (secondary N) is 1. The molecule has 1 atom stereocenters.